The molecule has 0 bridgehead atoms. The lowest BCUT2D eigenvalue weighted by molar-refractivity contribution is -0.0440. The largest absolute Gasteiger partial charge is 0.465 e. The molecule has 0 saturated carbocycles. The van der Waals surface area contributed by atoms with Gasteiger partial charge in [0.15, 0.2) is 0 Å². The van der Waals surface area contributed by atoms with Gasteiger partial charge in [0.1, 0.15) is 0 Å². The van der Waals surface area contributed by atoms with E-state index in [2.05, 4.69) is 4.57 Å². The van der Waals surface area contributed by atoms with Gasteiger partial charge in [-0.1, -0.05) is 0 Å². The lowest BCUT2D eigenvalue weighted by Crippen LogP contribution is -2.48. The number of hydrogen-bond donors (Lipinski definition) is 0. The van der Waals surface area contributed by atoms with Crippen LogP contribution >= 0.6 is 0 Å². The SMILES string of the molecule is COC(=O)c1ccc2c(c1)c1c(n2CCCS(=O)(=O)N2CC(C)OC(C)C2)CCCC1. The number of nitrogens with zero attached hydrogens (tertiary/aromatic N) is 2. The third-order valence-corrected chi connectivity index (χ3v) is 8.25. The van der Waals surface area contributed by atoms with Gasteiger partial charge in [-0.15, -0.1) is 0 Å². The van der Waals surface area contributed by atoms with Crippen LogP contribution in [0.4, 0.5) is 0 Å². The predicted octanol–water partition coefficient (Wildman–Crippen LogP) is 3.14. The molecule has 1 aromatic heterocycles. The molecule has 0 radical (unpaired) electrons. The van der Waals surface area contributed by atoms with Gasteiger partial charge in [0.25, 0.3) is 0 Å². The average molecular weight is 449 g/mol. The summed E-state index contributed by atoms with van der Waals surface area (Å²) in [5, 5.41) is 1.09. The summed E-state index contributed by atoms with van der Waals surface area (Å²) in [6.07, 6.45) is 4.64. The van der Waals surface area contributed by atoms with Crippen molar-refractivity contribution in [1.82, 2.24) is 8.87 Å². The van der Waals surface area contributed by atoms with Gasteiger partial charge in [0.2, 0.25) is 10.0 Å². The Hall–Kier alpha value is -1.90. The van der Waals surface area contributed by atoms with E-state index in [0.29, 0.717) is 31.6 Å². The van der Waals surface area contributed by atoms with E-state index in [1.807, 2.05) is 26.0 Å². The van der Waals surface area contributed by atoms with Crippen molar-refractivity contribution in [2.24, 2.45) is 0 Å². The van der Waals surface area contributed by atoms with Crippen molar-refractivity contribution in [3.63, 3.8) is 0 Å². The number of benzene rings is 1. The molecule has 2 atom stereocenters. The molecule has 1 saturated heterocycles. The Kier molecular flexibility index (Phi) is 6.42. The molecule has 0 spiro atoms. The van der Waals surface area contributed by atoms with Crippen molar-refractivity contribution in [3.8, 4) is 0 Å². The molecule has 31 heavy (non-hydrogen) atoms. The molecule has 1 fully saturated rings. The van der Waals surface area contributed by atoms with E-state index in [1.165, 1.54) is 18.4 Å². The van der Waals surface area contributed by atoms with Crippen LogP contribution in [0.15, 0.2) is 18.2 Å². The maximum Gasteiger partial charge on any atom is 0.337 e. The number of ether oxygens (including phenoxy) is 2. The number of sulfonamides is 1. The first-order valence-electron chi connectivity index (χ1n) is 11.2. The highest BCUT2D eigenvalue weighted by atomic mass is 32.2. The normalized spacial score (nSPS) is 22.4. The first-order valence-corrected chi connectivity index (χ1v) is 12.8. The van der Waals surface area contributed by atoms with Crippen molar-refractivity contribution in [2.45, 2.75) is 64.7 Å². The molecule has 2 heterocycles. The number of rotatable bonds is 6. The molecule has 1 aliphatic carbocycles. The molecule has 4 rings (SSSR count). The van der Waals surface area contributed by atoms with Crippen LogP contribution < -0.4 is 0 Å². The lowest BCUT2D eigenvalue weighted by atomic mass is 9.95. The van der Waals surface area contributed by atoms with E-state index in [1.54, 1.807) is 10.4 Å². The monoisotopic (exact) mass is 448 g/mol. The van der Waals surface area contributed by atoms with E-state index < -0.39 is 10.0 Å². The minimum absolute atomic E-state index is 0.0806. The standard InChI is InChI=1S/C23H32N2O5S/c1-16-14-24(15-17(2)30-16)31(27,28)12-6-11-25-21-8-5-4-7-19(21)20-13-18(23(26)29-3)9-10-22(20)25/h9-10,13,16-17H,4-8,11-12,14-15H2,1-3H3. The molecule has 7 nitrogen and oxygen atoms in total. The summed E-state index contributed by atoms with van der Waals surface area (Å²) in [7, 11) is -1.93. The van der Waals surface area contributed by atoms with Gasteiger partial charge in [-0.05, 0) is 69.7 Å². The van der Waals surface area contributed by atoms with Crippen LogP contribution in [-0.4, -0.2) is 61.4 Å². The van der Waals surface area contributed by atoms with Crippen LogP contribution in [0.2, 0.25) is 0 Å². The number of aryl methyl sites for hydroxylation is 2. The number of carbonyl (C=O) groups is 1. The minimum atomic E-state index is -3.32. The van der Waals surface area contributed by atoms with Crippen LogP contribution in [-0.2, 0) is 38.9 Å². The summed E-state index contributed by atoms with van der Waals surface area (Å²) < 4.78 is 40.3. The number of fused-ring (bicyclic) bond motifs is 3. The van der Waals surface area contributed by atoms with E-state index in [4.69, 9.17) is 9.47 Å². The lowest BCUT2D eigenvalue weighted by Gasteiger charge is -2.34. The van der Waals surface area contributed by atoms with Crippen molar-refractivity contribution in [2.75, 3.05) is 26.0 Å². The van der Waals surface area contributed by atoms with Gasteiger partial charge in [-0.3, -0.25) is 0 Å². The Morgan fingerprint density at radius 3 is 2.58 bits per heavy atom. The van der Waals surface area contributed by atoms with E-state index in [0.717, 1.165) is 36.6 Å². The average Bonchev–Trinajstić information content (AvgIpc) is 3.06. The molecule has 170 valence electrons. The molecular weight excluding hydrogens is 416 g/mol. The smallest absolute Gasteiger partial charge is 0.337 e. The number of methoxy groups -OCH3 is 1. The minimum Gasteiger partial charge on any atom is -0.465 e. The van der Waals surface area contributed by atoms with Crippen molar-refractivity contribution in [3.05, 3.63) is 35.0 Å². The molecule has 1 aliphatic heterocycles. The molecule has 2 aromatic rings. The third kappa shape index (κ3) is 4.52. The van der Waals surface area contributed by atoms with Crippen LogP contribution in [0, 0.1) is 0 Å². The highest BCUT2D eigenvalue weighted by molar-refractivity contribution is 7.89. The maximum atomic E-state index is 12.9. The third-order valence-electron chi connectivity index (χ3n) is 6.36. The molecule has 0 N–H and O–H groups in total. The quantitative estimate of drug-likeness (QED) is 0.635. The topological polar surface area (TPSA) is 77.8 Å². The van der Waals surface area contributed by atoms with Gasteiger partial charge in [-0.25, -0.2) is 13.2 Å². The zero-order valence-electron chi connectivity index (χ0n) is 18.6. The molecular formula is C23H32N2O5S. The van der Waals surface area contributed by atoms with E-state index in [-0.39, 0.29) is 23.9 Å². The molecule has 2 aliphatic rings. The summed E-state index contributed by atoms with van der Waals surface area (Å²) >= 11 is 0. The van der Waals surface area contributed by atoms with Gasteiger partial charge >= 0.3 is 5.97 Å². The Morgan fingerprint density at radius 2 is 1.87 bits per heavy atom. The molecule has 2 unspecified atom stereocenters. The van der Waals surface area contributed by atoms with Crippen LogP contribution in [0.3, 0.4) is 0 Å². The van der Waals surface area contributed by atoms with Crippen molar-refractivity contribution < 1.29 is 22.7 Å². The Bertz CT molecular complexity index is 1070. The Balaban J connectivity index is 1.55. The summed E-state index contributed by atoms with van der Waals surface area (Å²) in [5.74, 6) is -0.208. The fourth-order valence-corrected chi connectivity index (χ4v) is 6.65. The number of esters is 1. The summed E-state index contributed by atoms with van der Waals surface area (Å²) in [6, 6.07) is 5.69. The summed E-state index contributed by atoms with van der Waals surface area (Å²) in [4.78, 5) is 12.0. The number of carbonyl (C=O) groups excluding carboxylic acids is 1. The van der Waals surface area contributed by atoms with Gasteiger partial charge in [-0.2, -0.15) is 4.31 Å². The van der Waals surface area contributed by atoms with Gasteiger partial charge in [0.05, 0.1) is 30.6 Å². The number of aromatic nitrogens is 1. The highest BCUT2D eigenvalue weighted by Gasteiger charge is 2.31. The molecule has 0 amide bonds. The predicted molar refractivity (Wildman–Crippen MR) is 120 cm³/mol. The van der Waals surface area contributed by atoms with E-state index in [9.17, 15) is 13.2 Å². The maximum absolute atomic E-state index is 12.9. The number of morpholine rings is 1. The van der Waals surface area contributed by atoms with Crippen molar-refractivity contribution in [1.29, 1.82) is 0 Å². The first kappa shape index (κ1) is 22.3. The summed E-state index contributed by atoms with van der Waals surface area (Å²) in [6.45, 7) is 5.33. The van der Waals surface area contributed by atoms with E-state index >= 15 is 0 Å². The van der Waals surface area contributed by atoms with Crippen LogP contribution in [0.5, 0.6) is 0 Å². The molecule has 1 aromatic carbocycles. The van der Waals surface area contributed by atoms with Crippen molar-refractivity contribution >= 4 is 26.9 Å². The zero-order valence-corrected chi connectivity index (χ0v) is 19.4. The highest BCUT2D eigenvalue weighted by Crippen LogP contribution is 2.33. The van der Waals surface area contributed by atoms with Gasteiger partial charge in [0, 0.05) is 36.2 Å². The first-order chi connectivity index (χ1) is 14.8. The Labute approximate surface area is 184 Å². The second-order valence-electron chi connectivity index (χ2n) is 8.75. The Morgan fingerprint density at radius 1 is 1.16 bits per heavy atom. The zero-order chi connectivity index (χ0) is 22.2. The fraction of sp³-hybridized carbons (Fsp3) is 0.609. The summed E-state index contributed by atoms with van der Waals surface area (Å²) in [5.41, 5.74) is 4.21. The second kappa shape index (κ2) is 8.92. The molecule has 8 heteroatoms. The van der Waals surface area contributed by atoms with Crippen LogP contribution in [0.25, 0.3) is 10.9 Å². The van der Waals surface area contributed by atoms with Crippen LogP contribution in [0.1, 0.15) is 54.7 Å². The second-order valence-corrected chi connectivity index (χ2v) is 10.8. The number of hydrogen-bond acceptors (Lipinski definition) is 5. The van der Waals surface area contributed by atoms with Gasteiger partial charge < -0.3 is 14.0 Å². The fourth-order valence-electron chi connectivity index (χ4n) is 5.03.